The summed E-state index contributed by atoms with van der Waals surface area (Å²) in [6, 6.07) is 16.2. The molecule has 4 aromatic rings. The van der Waals surface area contributed by atoms with Crippen molar-refractivity contribution < 1.29 is 4.52 Å². The highest BCUT2D eigenvalue weighted by Gasteiger charge is 2.12. The summed E-state index contributed by atoms with van der Waals surface area (Å²) in [6.45, 7) is 2.04. The van der Waals surface area contributed by atoms with Gasteiger partial charge >= 0.3 is 0 Å². The second-order valence-electron chi connectivity index (χ2n) is 5.06. The van der Waals surface area contributed by atoms with E-state index in [1.54, 1.807) is 23.1 Å². The highest BCUT2D eigenvalue weighted by molar-refractivity contribution is 8.00. The molecule has 2 heterocycles. The SMILES string of the molecule is Cc1ccccc1-c1noc(CSc2nc3ccccc3s2)n1. The predicted molar refractivity (Wildman–Crippen MR) is 93.7 cm³/mol. The maximum atomic E-state index is 5.36. The first kappa shape index (κ1) is 14.4. The number of thiazole rings is 1. The van der Waals surface area contributed by atoms with Crippen LogP contribution in [0.25, 0.3) is 21.6 Å². The lowest BCUT2D eigenvalue weighted by Gasteiger charge is -1.97. The third-order valence-corrected chi connectivity index (χ3v) is 5.61. The van der Waals surface area contributed by atoms with E-state index in [9.17, 15) is 0 Å². The Morgan fingerprint density at radius 1 is 1.04 bits per heavy atom. The fourth-order valence-electron chi connectivity index (χ4n) is 2.28. The van der Waals surface area contributed by atoms with Crippen molar-refractivity contribution in [3.8, 4) is 11.4 Å². The lowest BCUT2D eigenvalue weighted by molar-refractivity contribution is 0.391. The normalized spacial score (nSPS) is 11.2. The van der Waals surface area contributed by atoms with E-state index >= 15 is 0 Å². The molecule has 0 amide bonds. The summed E-state index contributed by atoms with van der Waals surface area (Å²) in [7, 11) is 0. The van der Waals surface area contributed by atoms with Crippen molar-refractivity contribution in [1.82, 2.24) is 15.1 Å². The standard InChI is InChI=1S/C17H13N3OS2/c1-11-6-2-3-7-12(11)16-19-15(21-20-16)10-22-17-18-13-8-4-5-9-14(13)23-17/h2-9H,10H2,1H3. The van der Waals surface area contributed by atoms with Gasteiger partial charge in [-0.15, -0.1) is 11.3 Å². The van der Waals surface area contributed by atoms with Gasteiger partial charge < -0.3 is 4.52 Å². The van der Waals surface area contributed by atoms with Crippen LogP contribution < -0.4 is 0 Å². The third kappa shape index (κ3) is 3.00. The van der Waals surface area contributed by atoms with E-state index in [1.807, 2.05) is 49.4 Å². The number of benzene rings is 2. The molecule has 0 saturated heterocycles. The molecule has 0 saturated carbocycles. The summed E-state index contributed by atoms with van der Waals surface area (Å²) in [6.07, 6.45) is 0. The Morgan fingerprint density at radius 2 is 1.87 bits per heavy atom. The molecule has 0 unspecified atom stereocenters. The van der Waals surface area contributed by atoms with Crippen LogP contribution in [-0.4, -0.2) is 15.1 Å². The topological polar surface area (TPSA) is 51.8 Å². The van der Waals surface area contributed by atoms with Gasteiger partial charge in [0.25, 0.3) is 0 Å². The number of hydrogen-bond acceptors (Lipinski definition) is 6. The van der Waals surface area contributed by atoms with Crippen LogP contribution in [0.5, 0.6) is 0 Å². The number of fused-ring (bicyclic) bond motifs is 1. The first-order valence-corrected chi connectivity index (χ1v) is 8.97. The highest BCUT2D eigenvalue weighted by Crippen LogP contribution is 2.31. The number of para-hydroxylation sites is 1. The molecule has 6 heteroatoms. The molecule has 0 aliphatic rings. The third-order valence-electron chi connectivity index (χ3n) is 3.45. The van der Waals surface area contributed by atoms with Gasteiger partial charge in [0.05, 0.1) is 16.0 Å². The van der Waals surface area contributed by atoms with Crippen molar-refractivity contribution in [1.29, 1.82) is 0 Å². The Balaban J connectivity index is 1.51. The molecule has 0 spiro atoms. The lowest BCUT2D eigenvalue weighted by atomic mass is 10.1. The summed E-state index contributed by atoms with van der Waals surface area (Å²) < 4.78 is 7.58. The van der Waals surface area contributed by atoms with E-state index in [1.165, 1.54) is 4.70 Å². The maximum absolute atomic E-state index is 5.36. The van der Waals surface area contributed by atoms with Crippen molar-refractivity contribution in [3.05, 3.63) is 60.0 Å². The predicted octanol–water partition coefficient (Wildman–Crippen LogP) is 4.95. The minimum Gasteiger partial charge on any atom is -0.338 e. The zero-order valence-corrected chi connectivity index (χ0v) is 14.0. The van der Waals surface area contributed by atoms with E-state index in [2.05, 4.69) is 21.2 Å². The van der Waals surface area contributed by atoms with E-state index in [4.69, 9.17) is 4.52 Å². The van der Waals surface area contributed by atoms with Gasteiger partial charge in [0, 0.05) is 5.56 Å². The number of nitrogens with zero attached hydrogens (tertiary/aromatic N) is 3. The van der Waals surface area contributed by atoms with Crippen molar-refractivity contribution in [3.63, 3.8) is 0 Å². The van der Waals surface area contributed by atoms with Crippen LogP contribution in [0.1, 0.15) is 11.5 Å². The van der Waals surface area contributed by atoms with Crippen molar-refractivity contribution >= 4 is 33.3 Å². The van der Waals surface area contributed by atoms with Gasteiger partial charge in [0.1, 0.15) is 0 Å². The Bertz CT molecular complexity index is 928. The molecule has 0 fully saturated rings. The monoisotopic (exact) mass is 339 g/mol. The smallest absolute Gasteiger partial charge is 0.237 e. The van der Waals surface area contributed by atoms with Crippen molar-refractivity contribution in [2.45, 2.75) is 17.0 Å². The van der Waals surface area contributed by atoms with Gasteiger partial charge in [-0.05, 0) is 24.6 Å². The van der Waals surface area contributed by atoms with Crippen molar-refractivity contribution in [2.75, 3.05) is 0 Å². The fraction of sp³-hybridized carbons (Fsp3) is 0.118. The molecular weight excluding hydrogens is 326 g/mol. The number of aryl methyl sites for hydroxylation is 1. The van der Waals surface area contributed by atoms with E-state index in [-0.39, 0.29) is 0 Å². The van der Waals surface area contributed by atoms with Gasteiger partial charge in [0.15, 0.2) is 4.34 Å². The fourth-order valence-corrected chi connectivity index (χ4v) is 4.19. The second kappa shape index (κ2) is 6.14. The average molecular weight is 339 g/mol. The van der Waals surface area contributed by atoms with Gasteiger partial charge in [-0.25, -0.2) is 4.98 Å². The van der Waals surface area contributed by atoms with E-state index in [0.717, 1.165) is 21.0 Å². The molecular formula is C17H13N3OS2. The van der Waals surface area contributed by atoms with Crippen LogP contribution in [0.2, 0.25) is 0 Å². The first-order chi connectivity index (χ1) is 11.3. The minimum absolute atomic E-state index is 0.618. The molecule has 0 aliphatic carbocycles. The largest absolute Gasteiger partial charge is 0.338 e. The van der Waals surface area contributed by atoms with Gasteiger partial charge in [-0.2, -0.15) is 4.98 Å². The molecule has 114 valence electrons. The summed E-state index contributed by atoms with van der Waals surface area (Å²) in [5, 5.41) is 4.09. The minimum atomic E-state index is 0.618. The molecule has 0 atom stereocenters. The first-order valence-electron chi connectivity index (χ1n) is 7.16. The number of aromatic nitrogens is 3. The zero-order chi connectivity index (χ0) is 15.6. The summed E-state index contributed by atoms with van der Waals surface area (Å²) in [5.41, 5.74) is 3.18. The van der Waals surface area contributed by atoms with Gasteiger partial charge in [-0.1, -0.05) is 53.3 Å². The summed E-state index contributed by atoms with van der Waals surface area (Å²) in [4.78, 5) is 9.09. The van der Waals surface area contributed by atoms with E-state index < -0.39 is 0 Å². The Morgan fingerprint density at radius 3 is 2.74 bits per heavy atom. The average Bonchev–Trinajstić information content (AvgIpc) is 3.19. The number of thioether (sulfide) groups is 1. The molecule has 0 N–H and O–H groups in total. The van der Waals surface area contributed by atoms with Crippen LogP contribution in [0.15, 0.2) is 57.4 Å². The second-order valence-corrected chi connectivity index (χ2v) is 7.32. The number of hydrogen-bond donors (Lipinski definition) is 0. The van der Waals surface area contributed by atoms with E-state index in [0.29, 0.717) is 17.5 Å². The van der Waals surface area contributed by atoms with Crippen LogP contribution in [0, 0.1) is 6.92 Å². The Labute approximate surface area is 141 Å². The maximum Gasteiger partial charge on any atom is 0.237 e. The summed E-state index contributed by atoms with van der Waals surface area (Å²) in [5.74, 6) is 1.88. The summed E-state index contributed by atoms with van der Waals surface area (Å²) >= 11 is 3.31. The van der Waals surface area contributed by atoms with Gasteiger partial charge in [0.2, 0.25) is 11.7 Å². The molecule has 0 aliphatic heterocycles. The Kier molecular flexibility index (Phi) is 3.85. The molecule has 4 rings (SSSR count). The lowest BCUT2D eigenvalue weighted by Crippen LogP contribution is -1.85. The Hall–Kier alpha value is -2.18. The quantitative estimate of drug-likeness (QED) is 0.493. The van der Waals surface area contributed by atoms with Crippen molar-refractivity contribution in [2.24, 2.45) is 0 Å². The molecule has 4 nitrogen and oxygen atoms in total. The molecule has 2 aromatic heterocycles. The molecule has 0 bridgehead atoms. The van der Waals surface area contributed by atoms with Crippen LogP contribution in [-0.2, 0) is 5.75 Å². The van der Waals surface area contributed by atoms with Crippen LogP contribution in [0.3, 0.4) is 0 Å². The zero-order valence-electron chi connectivity index (χ0n) is 12.4. The number of rotatable bonds is 4. The van der Waals surface area contributed by atoms with Crippen LogP contribution in [0.4, 0.5) is 0 Å². The van der Waals surface area contributed by atoms with Gasteiger partial charge in [-0.3, -0.25) is 0 Å². The molecule has 2 aromatic carbocycles. The van der Waals surface area contributed by atoms with Crippen LogP contribution >= 0.6 is 23.1 Å². The molecule has 0 radical (unpaired) electrons. The molecule has 23 heavy (non-hydrogen) atoms. The highest BCUT2D eigenvalue weighted by atomic mass is 32.2.